The zero-order valence-corrected chi connectivity index (χ0v) is 17.9. The van der Waals surface area contributed by atoms with Gasteiger partial charge in [-0.3, -0.25) is 0 Å². The van der Waals surface area contributed by atoms with E-state index in [1.165, 1.54) is 27.9 Å². The van der Waals surface area contributed by atoms with Crippen molar-refractivity contribution in [1.82, 2.24) is 4.90 Å². The molecular weight excluding hydrogens is 346 g/mol. The molecule has 2 amide bonds. The number of aryl methyl sites for hydroxylation is 3. The van der Waals surface area contributed by atoms with Crippen LogP contribution in [0, 0.1) is 13.8 Å². The number of carbonyl (C=O) groups is 1. The molecule has 0 bridgehead atoms. The molecule has 1 aliphatic rings. The van der Waals surface area contributed by atoms with E-state index < -0.39 is 0 Å². The highest BCUT2D eigenvalue weighted by molar-refractivity contribution is 5.91. The number of para-hydroxylation sites is 1. The van der Waals surface area contributed by atoms with Gasteiger partial charge < -0.3 is 15.1 Å². The van der Waals surface area contributed by atoms with Gasteiger partial charge >= 0.3 is 6.03 Å². The van der Waals surface area contributed by atoms with Gasteiger partial charge in [-0.15, -0.1) is 0 Å². The predicted octanol–water partition coefficient (Wildman–Crippen LogP) is 5.34. The fraction of sp³-hybridized carbons (Fsp3) is 0.458. The maximum atomic E-state index is 13.0. The SMILES string of the molecule is CCc1cccc(C(C)C)c1NC(=O)N1CCN(c2cc(C)ccc2C)CC1. The number of urea groups is 1. The lowest BCUT2D eigenvalue weighted by Gasteiger charge is -2.37. The van der Waals surface area contributed by atoms with Crippen molar-refractivity contribution in [3.05, 3.63) is 58.7 Å². The molecule has 0 aromatic heterocycles. The number of nitrogens with zero attached hydrogens (tertiary/aromatic N) is 2. The lowest BCUT2D eigenvalue weighted by molar-refractivity contribution is 0.208. The van der Waals surface area contributed by atoms with Crippen molar-refractivity contribution in [3.8, 4) is 0 Å². The zero-order valence-electron chi connectivity index (χ0n) is 17.9. The predicted molar refractivity (Wildman–Crippen MR) is 119 cm³/mol. The molecule has 1 heterocycles. The van der Waals surface area contributed by atoms with Crippen LogP contribution in [0.5, 0.6) is 0 Å². The van der Waals surface area contributed by atoms with E-state index in [4.69, 9.17) is 0 Å². The Morgan fingerprint density at radius 3 is 2.43 bits per heavy atom. The fourth-order valence-corrected chi connectivity index (χ4v) is 3.94. The van der Waals surface area contributed by atoms with Crippen molar-refractivity contribution in [3.63, 3.8) is 0 Å². The van der Waals surface area contributed by atoms with E-state index >= 15 is 0 Å². The molecule has 0 spiro atoms. The van der Waals surface area contributed by atoms with Crippen LogP contribution in [-0.4, -0.2) is 37.1 Å². The molecule has 4 heteroatoms. The van der Waals surface area contributed by atoms with E-state index in [1.807, 2.05) is 4.90 Å². The molecular formula is C24H33N3O. The summed E-state index contributed by atoms with van der Waals surface area (Å²) in [6, 6.07) is 12.9. The molecule has 0 unspecified atom stereocenters. The molecule has 0 saturated carbocycles. The second-order valence-electron chi connectivity index (χ2n) is 8.08. The number of anilines is 2. The fourth-order valence-electron chi connectivity index (χ4n) is 3.94. The van der Waals surface area contributed by atoms with Crippen molar-refractivity contribution in [2.45, 2.75) is 47.0 Å². The minimum Gasteiger partial charge on any atom is -0.368 e. The Balaban J connectivity index is 1.69. The van der Waals surface area contributed by atoms with Crippen LogP contribution in [0.1, 0.15) is 48.9 Å². The summed E-state index contributed by atoms with van der Waals surface area (Å²) in [5.41, 5.74) is 7.27. The van der Waals surface area contributed by atoms with E-state index in [0.29, 0.717) is 5.92 Å². The molecule has 2 aromatic rings. The number of carbonyl (C=O) groups excluding carboxylic acids is 1. The second kappa shape index (κ2) is 8.68. The summed E-state index contributed by atoms with van der Waals surface area (Å²) >= 11 is 0. The van der Waals surface area contributed by atoms with Gasteiger partial charge in [0, 0.05) is 37.6 Å². The third-order valence-corrected chi connectivity index (χ3v) is 5.69. The molecule has 28 heavy (non-hydrogen) atoms. The maximum absolute atomic E-state index is 13.0. The van der Waals surface area contributed by atoms with Gasteiger partial charge in [-0.25, -0.2) is 4.79 Å². The smallest absolute Gasteiger partial charge is 0.321 e. The Morgan fingerprint density at radius 1 is 1.07 bits per heavy atom. The normalized spacial score (nSPS) is 14.5. The van der Waals surface area contributed by atoms with Crippen LogP contribution in [0.4, 0.5) is 16.2 Å². The first-order valence-corrected chi connectivity index (χ1v) is 10.4. The van der Waals surface area contributed by atoms with Gasteiger partial charge in [-0.2, -0.15) is 0 Å². The van der Waals surface area contributed by atoms with Crippen LogP contribution in [-0.2, 0) is 6.42 Å². The van der Waals surface area contributed by atoms with Gasteiger partial charge in [0.15, 0.2) is 0 Å². The van der Waals surface area contributed by atoms with E-state index in [2.05, 4.69) is 81.2 Å². The topological polar surface area (TPSA) is 35.6 Å². The molecule has 150 valence electrons. The highest BCUT2D eigenvalue weighted by Gasteiger charge is 2.23. The van der Waals surface area contributed by atoms with Crippen LogP contribution in [0.3, 0.4) is 0 Å². The molecule has 0 aliphatic carbocycles. The van der Waals surface area contributed by atoms with Crippen LogP contribution in [0.15, 0.2) is 36.4 Å². The van der Waals surface area contributed by atoms with Gasteiger partial charge in [0.05, 0.1) is 0 Å². The van der Waals surface area contributed by atoms with E-state index in [1.54, 1.807) is 0 Å². The highest BCUT2D eigenvalue weighted by atomic mass is 16.2. The average Bonchev–Trinajstić information content (AvgIpc) is 2.69. The number of rotatable bonds is 4. The van der Waals surface area contributed by atoms with Crippen molar-refractivity contribution in [2.75, 3.05) is 36.4 Å². The second-order valence-corrected chi connectivity index (χ2v) is 8.08. The van der Waals surface area contributed by atoms with Gasteiger partial charge in [-0.05, 0) is 54.5 Å². The first-order chi connectivity index (χ1) is 13.4. The number of benzene rings is 2. The van der Waals surface area contributed by atoms with E-state index in [0.717, 1.165) is 38.3 Å². The van der Waals surface area contributed by atoms with Gasteiger partial charge in [0.1, 0.15) is 0 Å². The summed E-state index contributed by atoms with van der Waals surface area (Å²) in [4.78, 5) is 17.3. The molecule has 3 rings (SSSR count). The van der Waals surface area contributed by atoms with Gasteiger partial charge in [-0.1, -0.05) is 51.1 Å². The summed E-state index contributed by atoms with van der Waals surface area (Å²) in [5, 5.41) is 3.22. The number of hydrogen-bond acceptors (Lipinski definition) is 2. The molecule has 4 nitrogen and oxygen atoms in total. The van der Waals surface area contributed by atoms with Crippen molar-refractivity contribution < 1.29 is 4.79 Å². The number of hydrogen-bond donors (Lipinski definition) is 1. The Labute approximate surface area is 169 Å². The van der Waals surface area contributed by atoms with Crippen molar-refractivity contribution in [2.24, 2.45) is 0 Å². The summed E-state index contributed by atoms with van der Waals surface area (Å²) in [6.45, 7) is 14.0. The molecule has 1 aliphatic heterocycles. The number of nitrogens with one attached hydrogen (secondary N) is 1. The zero-order chi connectivity index (χ0) is 20.3. The van der Waals surface area contributed by atoms with E-state index in [9.17, 15) is 4.79 Å². The first-order valence-electron chi connectivity index (χ1n) is 10.4. The number of amides is 2. The van der Waals surface area contributed by atoms with Gasteiger partial charge in [0.2, 0.25) is 0 Å². The monoisotopic (exact) mass is 379 g/mol. The van der Waals surface area contributed by atoms with Crippen LogP contribution in [0.2, 0.25) is 0 Å². The quantitative estimate of drug-likeness (QED) is 0.778. The van der Waals surface area contributed by atoms with Crippen molar-refractivity contribution >= 4 is 17.4 Å². The minimum atomic E-state index is 0.0171. The summed E-state index contributed by atoms with van der Waals surface area (Å²) < 4.78 is 0. The highest BCUT2D eigenvalue weighted by Crippen LogP contribution is 2.29. The summed E-state index contributed by atoms with van der Waals surface area (Å²) in [5.74, 6) is 0.378. The molecule has 0 atom stereocenters. The maximum Gasteiger partial charge on any atom is 0.321 e. The Bertz CT molecular complexity index is 836. The summed E-state index contributed by atoms with van der Waals surface area (Å²) in [6.07, 6.45) is 0.913. The van der Waals surface area contributed by atoms with Crippen LogP contribution >= 0.6 is 0 Å². The lowest BCUT2D eigenvalue weighted by atomic mass is 9.96. The Hall–Kier alpha value is -2.49. The lowest BCUT2D eigenvalue weighted by Crippen LogP contribution is -2.50. The molecule has 1 fully saturated rings. The third kappa shape index (κ3) is 4.32. The first kappa shape index (κ1) is 20.2. The molecule has 0 radical (unpaired) electrons. The van der Waals surface area contributed by atoms with E-state index in [-0.39, 0.29) is 6.03 Å². The average molecular weight is 380 g/mol. The molecule has 1 saturated heterocycles. The van der Waals surface area contributed by atoms with Gasteiger partial charge in [0.25, 0.3) is 0 Å². The molecule has 1 N–H and O–H groups in total. The molecule has 2 aromatic carbocycles. The summed E-state index contributed by atoms with van der Waals surface area (Å²) in [7, 11) is 0. The standard InChI is InChI=1S/C24H33N3O/c1-6-20-8-7-9-21(17(2)3)23(20)25-24(28)27-14-12-26(13-15-27)22-16-18(4)10-11-19(22)5/h7-11,16-17H,6,12-15H2,1-5H3,(H,25,28). The largest absolute Gasteiger partial charge is 0.368 e. The van der Waals surface area contributed by atoms with Crippen LogP contribution < -0.4 is 10.2 Å². The Morgan fingerprint density at radius 2 is 1.79 bits per heavy atom. The number of piperazine rings is 1. The minimum absolute atomic E-state index is 0.0171. The van der Waals surface area contributed by atoms with Crippen LogP contribution in [0.25, 0.3) is 0 Å². The Kier molecular flexibility index (Phi) is 6.28. The van der Waals surface area contributed by atoms with Crippen molar-refractivity contribution in [1.29, 1.82) is 0 Å². The third-order valence-electron chi connectivity index (χ3n) is 5.69.